The van der Waals surface area contributed by atoms with E-state index in [1.54, 1.807) is 24.3 Å². The summed E-state index contributed by atoms with van der Waals surface area (Å²) in [5, 5.41) is 9.86. The highest BCUT2D eigenvalue weighted by atomic mass is 35.5. The van der Waals surface area contributed by atoms with Crippen molar-refractivity contribution in [3.63, 3.8) is 0 Å². The van der Waals surface area contributed by atoms with Crippen LogP contribution in [0, 0.1) is 5.82 Å². The van der Waals surface area contributed by atoms with Gasteiger partial charge in [0.2, 0.25) is 18.2 Å². The smallest absolute Gasteiger partial charge is 0.269 e. The summed E-state index contributed by atoms with van der Waals surface area (Å²) < 4.78 is 15.5. The maximum atomic E-state index is 14.1. The molecular weight excluding hydrogens is 491 g/mol. The van der Waals surface area contributed by atoms with Gasteiger partial charge in [-0.15, -0.1) is 0 Å². The van der Waals surface area contributed by atoms with Gasteiger partial charge in [-0.05, 0) is 30.5 Å². The lowest BCUT2D eigenvalue weighted by Gasteiger charge is -2.22. The van der Waals surface area contributed by atoms with E-state index >= 15 is 0 Å². The molecule has 3 aromatic rings. The summed E-state index contributed by atoms with van der Waals surface area (Å²) in [7, 11) is 0. The molecule has 1 aliphatic carbocycles. The van der Waals surface area contributed by atoms with E-state index in [1.165, 1.54) is 21.7 Å². The third-order valence-electron chi connectivity index (χ3n) is 5.85. The van der Waals surface area contributed by atoms with E-state index in [9.17, 15) is 23.6 Å². The largest absolute Gasteiger partial charge is 0.364 e. The van der Waals surface area contributed by atoms with Crippen LogP contribution in [0.5, 0.6) is 0 Å². The van der Waals surface area contributed by atoms with Gasteiger partial charge in [0.1, 0.15) is 12.4 Å². The van der Waals surface area contributed by atoms with E-state index in [0.717, 1.165) is 18.4 Å². The van der Waals surface area contributed by atoms with Crippen LogP contribution < -0.4 is 16.4 Å². The molecule has 2 aromatic carbocycles. The number of rotatable bonds is 11. The first-order valence-electron chi connectivity index (χ1n) is 11.2. The van der Waals surface area contributed by atoms with E-state index in [1.807, 2.05) is 0 Å². The number of nitrogens with two attached hydrogens (primary N) is 1. The second kappa shape index (κ2) is 10.7. The Morgan fingerprint density at radius 1 is 1.22 bits per heavy atom. The number of carbonyl (C=O) groups excluding carboxylic acids is 4. The lowest BCUT2D eigenvalue weighted by Crippen LogP contribution is -2.43. The lowest BCUT2D eigenvalue weighted by atomic mass is 10.1. The SMILES string of the molecule is NC(=O)c1nn(CC(=O)N(CC(=O)NCc2cccc(Cl)c2F)C2CC2)c2cc(CNC=O)ccc12. The molecule has 0 unspecified atom stereocenters. The van der Waals surface area contributed by atoms with E-state index in [0.29, 0.717) is 17.3 Å². The zero-order valence-electron chi connectivity index (χ0n) is 19.2. The number of nitrogens with one attached hydrogen (secondary N) is 2. The maximum absolute atomic E-state index is 14.1. The zero-order valence-corrected chi connectivity index (χ0v) is 19.9. The number of primary amides is 1. The van der Waals surface area contributed by atoms with Crippen molar-refractivity contribution < 1.29 is 23.6 Å². The molecule has 0 atom stereocenters. The standard InChI is InChI=1S/C24H24ClFN6O4/c25-18-3-1-2-15(22(18)26)10-29-20(34)11-31(16-5-6-16)21(35)12-32-19-8-14(9-28-13-33)4-7-17(19)23(30-32)24(27)36/h1-4,7-8,13,16H,5-6,9-12H2,(H2,27,36)(H,28,33)(H,29,34). The van der Waals surface area contributed by atoms with Crippen molar-refractivity contribution in [2.45, 2.75) is 38.5 Å². The van der Waals surface area contributed by atoms with Crippen molar-refractivity contribution in [1.29, 1.82) is 0 Å². The number of nitrogens with zero attached hydrogens (tertiary/aromatic N) is 3. The van der Waals surface area contributed by atoms with Crippen molar-refractivity contribution in [2.24, 2.45) is 5.73 Å². The number of hydrogen-bond donors (Lipinski definition) is 3. The third-order valence-corrected chi connectivity index (χ3v) is 6.15. The second-order valence-corrected chi connectivity index (χ2v) is 8.87. The number of fused-ring (bicyclic) bond motifs is 1. The quantitative estimate of drug-likeness (QED) is 0.333. The van der Waals surface area contributed by atoms with Crippen LogP contribution in [0.4, 0.5) is 4.39 Å². The molecule has 0 radical (unpaired) electrons. The van der Waals surface area contributed by atoms with E-state index in [-0.39, 0.29) is 54.4 Å². The van der Waals surface area contributed by atoms with Crippen molar-refractivity contribution in [1.82, 2.24) is 25.3 Å². The molecule has 0 aliphatic heterocycles. The molecule has 1 fully saturated rings. The van der Waals surface area contributed by atoms with Gasteiger partial charge in [-0.3, -0.25) is 23.9 Å². The average molecular weight is 515 g/mol. The number of hydrogen-bond acceptors (Lipinski definition) is 5. The van der Waals surface area contributed by atoms with Gasteiger partial charge in [0.15, 0.2) is 5.69 Å². The molecule has 12 heteroatoms. The highest BCUT2D eigenvalue weighted by Crippen LogP contribution is 2.28. The van der Waals surface area contributed by atoms with Crippen molar-refractivity contribution in [3.8, 4) is 0 Å². The minimum Gasteiger partial charge on any atom is -0.364 e. The Labute approximate surface area is 210 Å². The fourth-order valence-corrected chi connectivity index (χ4v) is 4.10. The Bertz CT molecular complexity index is 1340. The Balaban J connectivity index is 1.49. The molecule has 0 saturated heterocycles. The van der Waals surface area contributed by atoms with E-state index < -0.39 is 17.6 Å². The Kier molecular flexibility index (Phi) is 7.49. The molecule has 0 bridgehead atoms. The van der Waals surface area contributed by atoms with E-state index in [4.69, 9.17) is 17.3 Å². The predicted octanol–water partition coefficient (Wildman–Crippen LogP) is 1.48. The van der Waals surface area contributed by atoms with Crippen LogP contribution >= 0.6 is 11.6 Å². The Hall–Kier alpha value is -3.99. The van der Waals surface area contributed by atoms with Crippen LogP contribution in [0.15, 0.2) is 36.4 Å². The molecule has 1 aliphatic rings. The monoisotopic (exact) mass is 514 g/mol. The molecule has 0 spiro atoms. The van der Waals surface area contributed by atoms with E-state index in [2.05, 4.69) is 15.7 Å². The fraction of sp³-hybridized carbons (Fsp3) is 0.292. The highest BCUT2D eigenvalue weighted by molar-refractivity contribution is 6.30. The molecule has 1 aromatic heterocycles. The minimum absolute atomic E-state index is 0.0203. The number of carbonyl (C=O) groups is 4. The first-order valence-corrected chi connectivity index (χ1v) is 11.6. The number of amides is 4. The van der Waals surface area contributed by atoms with Crippen LogP contribution in [0.3, 0.4) is 0 Å². The van der Waals surface area contributed by atoms with Crippen molar-refractivity contribution >= 4 is 46.6 Å². The maximum Gasteiger partial charge on any atom is 0.269 e. The van der Waals surface area contributed by atoms with Gasteiger partial charge in [0.25, 0.3) is 5.91 Å². The summed E-state index contributed by atoms with van der Waals surface area (Å²) in [6.45, 7) is -0.240. The summed E-state index contributed by atoms with van der Waals surface area (Å²) in [5.41, 5.74) is 6.97. The first-order chi connectivity index (χ1) is 17.3. The second-order valence-electron chi connectivity index (χ2n) is 8.46. The molecule has 4 rings (SSSR count). The molecule has 36 heavy (non-hydrogen) atoms. The molecule has 1 saturated carbocycles. The number of halogens is 2. The third kappa shape index (κ3) is 5.62. The number of aromatic nitrogens is 2. The van der Waals surface area contributed by atoms with Crippen LogP contribution in [-0.2, 0) is 34.0 Å². The molecule has 188 valence electrons. The van der Waals surface area contributed by atoms with Crippen LogP contribution in [0.1, 0.15) is 34.5 Å². The molecule has 4 amide bonds. The van der Waals surface area contributed by atoms with Gasteiger partial charge in [0.05, 0.1) is 17.1 Å². The van der Waals surface area contributed by atoms with Gasteiger partial charge in [-0.1, -0.05) is 35.9 Å². The molecule has 1 heterocycles. The Morgan fingerprint density at radius 3 is 2.69 bits per heavy atom. The molecule has 4 N–H and O–H groups in total. The highest BCUT2D eigenvalue weighted by Gasteiger charge is 2.34. The molecular formula is C24H24ClFN6O4. The normalized spacial score (nSPS) is 12.8. The Morgan fingerprint density at radius 2 is 2.00 bits per heavy atom. The molecule has 10 nitrogen and oxygen atoms in total. The average Bonchev–Trinajstić information content (AvgIpc) is 3.63. The van der Waals surface area contributed by atoms with Crippen LogP contribution in [0.2, 0.25) is 5.02 Å². The van der Waals surface area contributed by atoms with Gasteiger partial charge in [0, 0.05) is 30.1 Å². The minimum atomic E-state index is -0.739. The van der Waals surface area contributed by atoms with Gasteiger partial charge < -0.3 is 21.3 Å². The van der Waals surface area contributed by atoms with Crippen molar-refractivity contribution in [2.75, 3.05) is 6.54 Å². The summed E-state index contributed by atoms with van der Waals surface area (Å²) in [6.07, 6.45) is 2.09. The van der Waals surface area contributed by atoms with Crippen molar-refractivity contribution in [3.05, 3.63) is 64.1 Å². The summed E-state index contributed by atoms with van der Waals surface area (Å²) in [4.78, 5) is 49.8. The number of benzene rings is 2. The zero-order chi connectivity index (χ0) is 25.8. The lowest BCUT2D eigenvalue weighted by molar-refractivity contribution is -0.137. The first kappa shape index (κ1) is 25.1. The summed E-state index contributed by atoms with van der Waals surface area (Å²) >= 11 is 5.78. The topological polar surface area (TPSA) is 139 Å². The van der Waals surface area contributed by atoms with Gasteiger partial charge in [-0.25, -0.2) is 4.39 Å². The van der Waals surface area contributed by atoms with Gasteiger partial charge in [-0.2, -0.15) is 5.10 Å². The van der Waals surface area contributed by atoms with Crippen LogP contribution in [-0.4, -0.2) is 51.4 Å². The van der Waals surface area contributed by atoms with Gasteiger partial charge >= 0.3 is 0 Å². The summed E-state index contributed by atoms with van der Waals surface area (Å²) in [6, 6.07) is 9.53. The fourth-order valence-electron chi connectivity index (χ4n) is 3.91. The van der Waals surface area contributed by atoms with Crippen LogP contribution in [0.25, 0.3) is 10.9 Å². The summed E-state index contributed by atoms with van der Waals surface area (Å²) in [5.74, 6) is -2.15. The predicted molar refractivity (Wildman–Crippen MR) is 129 cm³/mol.